The van der Waals surface area contributed by atoms with E-state index < -0.39 is 0 Å². The first-order valence-corrected chi connectivity index (χ1v) is 6.90. The first-order chi connectivity index (χ1) is 6.90. The summed E-state index contributed by atoms with van der Waals surface area (Å²) in [6.07, 6.45) is 8.42. The molecule has 0 saturated heterocycles. The molecule has 0 spiro atoms. The van der Waals surface area contributed by atoms with Crippen LogP contribution in [0.15, 0.2) is 0 Å². The molecular formula is C15H32. The van der Waals surface area contributed by atoms with Gasteiger partial charge in [-0.3, -0.25) is 0 Å². The zero-order valence-corrected chi connectivity index (χ0v) is 11.9. The molecule has 0 heterocycles. The van der Waals surface area contributed by atoms with Crippen molar-refractivity contribution in [2.24, 2.45) is 17.3 Å². The molecule has 0 aromatic heterocycles. The zero-order valence-electron chi connectivity index (χ0n) is 11.9. The monoisotopic (exact) mass is 212 g/mol. The van der Waals surface area contributed by atoms with E-state index in [2.05, 4.69) is 41.5 Å². The van der Waals surface area contributed by atoms with Crippen LogP contribution in [-0.2, 0) is 0 Å². The third-order valence-corrected chi connectivity index (χ3v) is 4.16. The highest BCUT2D eigenvalue weighted by molar-refractivity contribution is 4.73. The van der Waals surface area contributed by atoms with Crippen LogP contribution in [0, 0.1) is 17.3 Å². The van der Waals surface area contributed by atoms with Crippen molar-refractivity contribution in [3.8, 4) is 0 Å². The molecule has 15 heavy (non-hydrogen) atoms. The molecule has 0 aromatic rings. The maximum Gasteiger partial charge on any atom is -0.0331 e. The number of hydrogen-bond acceptors (Lipinski definition) is 0. The lowest BCUT2D eigenvalue weighted by Crippen LogP contribution is -2.20. The Balaban J connectivity index is 3.51. The third kappa shape index (κ3) is 6.98. The normalized spacial score (nSPS) is 14.6. The summed E-state index contributed by atoms with van der Waals surface area (Å²) in [5.41, 5.74) is 0.540. The van der Waals surface area contributed by atoms with Crippen LogP contribution in [0.5, 0.6) is 0 Å². The van der Waals surface area contributed by atoms with Gasteiger partial charge >= 0.3 is 0 Å². The summed E-state index contributed by atoms with van der Waals surface area (Å²) in [6, 6.07) is 0. The summed E-state index contributed by atoms with van der Waals surface area (Å²) in [5.74, 6) is 1.76. The maximum atomic E-state index is 2.42. The summed E-state index contributed by atoms with van der Waals surface area (Å²) in [7, 11) is 0. The average Bonchev–Trinajstić information content (AvgIpc) is 2.16. The van der Waals surface area contributed by atoms with Gasteiger partial charge in [-0.2, -0.15) is 0 Å². The second-order valence-electron chi connectivity index (χ2n) is 6.28. The minimum Gasteiger partial charge on any atom is -0.0649 e. The van der Waals surface area contributed by atoms with Crippen LogP contribution in [0.25, 0.3) is 0 Å². The highest BCUT2D eigenvalue weighted by Gasteiger charge is 2.22. The van der Waals surface area contributed by atoms with E-state index in [1.54, 1.807) is 0 Å². The molecule has 1 unspecified atom stereocenters. The van der Waals surface area contributed by atoms with Crippen LogP contribution in [0.4, 0.5) is 0 Å². The molecule has 0 aromatic carbocycles. The summed E-state index contributed by atoms with van der Waals surface area (Å²) in [5, 5.41) is 0. The van der Waals surface area contributed by atoms with Crippen LogP contribution >= 0.6 is 0 Å². The van der Waals surface area contributed by atoms with E-state index in [-0.39, 0.29) is 0 Å². The van der Waals surface area contributed by atoms with Gasteiger partial charge in [-0.15, -0.1) is 0 Å². The fraction of sp³-hybridized carbons (Fsp3) is 1.00. The van der Waals surface area contributed by atoms with Crippen LogP contribution in [0.1, 0.15) is 80.1 Å². The van der Waals surface area contributed by atoms with E-state index in [4.69, 9.17) is 0 Å². The molecule has 0 nitrogen and oxygen atoms in total. The largest absolute Gasteiger partial charge is 0.0649 e. The Kier molecular flexibility index (Phi) is 7.30. The van der Waals surface area contributed by atoms with Crippen LogP contribution < -0.4 is 0 Å². The van der Waals surface area contributed by atoms with Crippen molar-refractivity contribution in [2.45, 2.75) is 80.1 Å². The lowest BCUT2D eigenvalue weighted by Gasteiger charge is -2.30. The first kappa shape index (κ1) is 15.0. The number of unbranched alkanes of at least 4 members (excludes halogenated alkanes) is 2. The molecule has 0 aliphatic rings. The standard InChI is InChI=1S/C15H32/c1-7-15(5,6)14(4)12-10-8-9-11-13(2)3/h13-14H,7-12H2,1-6H3. The molecule has 0 bridgehead atoms. The Morgan fingerprint density at radius 1 is 0.867 bits per heavy atom. The Hall–Kier alpha value is 0. The van der Waals surface area contributed by atoms with Crippen molar-refractivity contribution in [3.63, 3.8) is 0 Å². The molecule has 0 heteroatoms. The van der Waals surface area contributed by atoms with Gasteiger partial charge in [0, 0.05) is 0 Å². The fourth-order valence-corrected chi connectivity index (χ4v) is 1.92. The molecular weight excluding hydrogens is 180 g/mol. The Morgan fingerprint density at radius 2 is 1.40 bits per heavy atom. The van der Waals surface area contributed by atoms with Crippen molar-refractivity contribution in [2.75, 3.05) is 0 Å². The smallest absolute Gasteiger partial charge is 0.0331 e. The third-order valence-electron chi connectivity index (χ3n) is 4.16. The van der Waals surface area contributed by atoms with E-state index in [1.165, 1.54) is 38.5 Å². The summed E-state index contributed by atoms with van der Waals surface area (Å²) < 4.78 is 0. The van der Waals surface area contributed by atoms with Crippen molar-refractivity contribution < 1.29 is 0 Å². The van der Waals surface area contributed by atoms with Gasteiger partial charge in [-0.05, 0) is 17.3 Å². The molecule has 0 aliphatic carbocycles. The molecule has 0 N–H and O–H groups in total. The van der Waals surface area contributed by atoms with Crippen LogP contribution in [-0.4, -0.2) is 0 Å². The molecule has 1 atom stereocenters. The minimum atomic E-state index is 0.540. The molecule has 92 valence electrons. The van der Waals surface area contributed by atoms with Gasteiger partial charge in [0.2, 0.25) is 0 Å². The van der Waals surface area contributed by atoms with Crippen molar-refractivity contribution in [1.82, 2.24) is 0 Å². The highest BCUT2D eigenvalue weighted by Crippen LogP contribution is 2.33. The Bertz CT molecular complexity index is 144. The van der Waals surface area contributed by atoms with Crippen molar-refractivity contribution in [1.29, 1.82) is 0 Å². The maximum absolute atomic E-state index is 2.42. The van der Waals surface area contributed by atoms with Gasteiger partial charge in [0.05, 0.1) is 0 Å². The number of rotatable bonds is 8. The number of hydrogen-bond donors (Lipinski definition) is 0. The van der Waals surface area contributed by atoms with Crippen molar-refractivity contribution >= 4 is 0 Å². The van der Waals surface area contributed by atoms with Gasteiger partial charge in [0.1, 0.15) is 0 Å². The second kappa shape index (κ2) is 7.30. The Labute approximate surface area is 97.8 Å². The van der Waals surface area contributed by atoms with Crippen LogP contribution in [0.3, 0.4) is 0 Å². The summed E-state index contributed by atoms with van der Waals surface area (Å²) in [4.78, 5) is 0. The van der Waals surface area contributed by atoms with Gasteiger partial charge < -0.3 is 0 Å². The van der Waals surface area contributed by atoms with E-state index in [0.29, 0.717) is 5.41 Å². The molecule has 0 fully saturated rings. The molecule has 0 aliphatic heterocycles. The van der Waals surface area contributed by atoms with Gasteiger partial charge in [-0.1, -0.05) is 80.1 Å². The topological polar surface area (TPSA) is 0 Å². The van der Waals surface area contributed by atoms with E-state index >= 15 is 0 Å². The van der Waals surface area contributed by atoms with Gasteiger partial charge in [-0.25, -0.2) is 0 Å². The van der Waals surface area contributed by atoms with Crippen LogP contribution in [0.2, 0.25) is 0 Å². The van der Waals surface area contributed by atoms with E-state index in [9.17, 15) is 0 Å². The van der Waals surface area contributed by atoms with Gasteiger partial charge in [0.25, 0.3) is 0 Å². The minimum absolute atomic E-state index is 0.540. The molecule has 0 amide bonds. The predicted octanol–water partition coefficient (Wildman–Crippen LogP) is 5.67. The predicted molar refractivity (Wildman–Crippen MR) is 71.2 cm³/mol. The second-order valence-corrected chi connectivity index (χ2v) is 6.28. The quantitative estimate of drug-likeness (QED) is 0.455. The highest BCUT2D eigenvalue weighted by atomic mass is 14.3. The fourth-order valence-electron chi connectivity index (χ4n) is 1.92. The average molecular weight is 212 g/mol. The first-order valence-electron chi connectivity index (χ1n) is 6.90. The summed E-state index contributed by atoms with van der Waals surface area (Å²) in [6.45, 7) is 14.2. The molecule has 0 saturated carbocycles. The lowest BCUT2D eigenvalue weighted by molar-refractivity contribution is 0.204. The molecule has 0 radical (unpaired) electrons. The van der Waals surface area contributed by atoms with E-state index in [1.807, 2.05) is 0 Å². The van der Waals surface area contributed by atoms with Crippen molar-refractivity contribution in [3.05, 3.63) is 0 Å². The SMILES string of the molecule is CCC(C)(C)C(C)CCCCCC(C)C. The van der Waals surface area contributed by atoms with E-state index in [0.717, 1.165) is 11.8 Å². The summed E-state index contributed by atoms with van der Waals surface area (Å²) >= 11 is 0. The lowest BCUT2D eigenvalue weighted by atomic mass is 9.75. The van der Waals surface area contributed by atoms with Gasteiger partial charge in [0.15, 0.2) is 0 Å². The molecule has 0 rings (SSSR count). The zero-order chi connectivity index (χ0) is 11.9. The Morgan fingerprint density at radius 3 is 1.87 bits per heavy atom.